The van der Waals surface area contributed by atoms with Crippen LogP contribution in [0.15, 0.2) is 36.9 Å². The number of benzene rings is 1. The zero-order chi connectivity index (χ0) is 9.68. The topological polar surface area (TPSA) is 26.0 Å². The van der Waals surface area contributed by atoms with E-state index < -0.39 is 0 Å². The highest BCUT2D eigenvalue weighted by atomic mass is 127. The van der Waals surface area contributed by atoms with Crippen molar-refractivity contribution in [3.8, 4) is 0 Å². The molecule has 0 bridgehead atoms. The van der Waals surface area contributed by atoms with Crippen LogP contribution in [0.2, 0.25) is 0 Å². The molecule has 0 aliphatic heterocycles. The Morgan fingerprint density at radius 3 is 2.43 bits per heavy atom. The predicted molar refractivity (Wildman–Crippen MR) is 72.8 cm³/mol. The van der Waals surface area contributed by atoms with Crippen molar-refractivity contribution in [2.45, 2.75) is 18.9 Å². The van der Waals surface area contributed by atoms with Crippen molar-refractivity contribution in [3.63, 3.8) is 0 Å². The summed E-state index contributed by atoms with van der Waals surface area (Å²) in [5, 5.41) is 0. The lowest BCUT2D eigenvalue weighted by molar-refractivity contribution is 0.661. The normalized spacial score (nSPS) is 11.6. The lowest BCUT2D eigenvalue weighted by atomic mass is 10.0. The molecule has 0 saturated heterocycles. The summed E-state index contributed by atoms with van der Waals surface area (Å²) in [4.78, 5) is 0. The van der Waals surface area contributed by atoms with E-state index in [2.05, 4.69) is 53.4 Å². The standard InChI is InChI=1S/C11H14IN.ClH/c1-2-3-4-11(13)9-5-7-10(12)8-6-9;/h2,5-8,11H,1,3-4,13H2;1H/t11-;/m0./s1. The van der Waals surface area contributed by atoms with Crippen molar-refractivity contribution in [3.05, 3.63) is 46.1 Å². The van der Waals surface area contributed by atoms with Crippen molar-refractivity contribution >= 4 is 35.0 Å². The van der Waals surface area contributed by atoms with Gasteiger partial charge < -0.3 is 5.73 Å². The molecule has 1 nitrogen and oxygen atoms in total. The van der Waals surface area contributed by atoms with E-state index in [-0.39, 0.29) is 18.4 Å². The van der Waals surface area contributed by atoms with Gasteiger partial charge in [-0.05, 0) is 53.1 Å². The van der Waals surface area contributed by atoms with Crippen LogP contribution in [0.25, 0.3) is 0 Å². The van der Waals surface area contributed by atoms with Gasteiger partial charge in [-0.25, -0.2) is 0 Å². The number of allylic oxidation sites excluding steroid dienone is 1. The Morgan fingerprint density at radius 1 is 1.36 bits per heavy atom. The first-order chi connectivity index (χ1) is 6.24. The molecule has 0 heterocycles. The van der Waals surface area contributed by atoms with Crippen LogP contribution in [0, 0.1) is 3.57 Å². The largest absolute Gasteiger partial charge is 0.324 e. The maximum atomic E-state index is 5.98. The minimum absolute atomic E-state index is 0. The summed E-state index contributed by atoms with van der Waals surface area (Å²) >= 11 is 2.29. The van der Waals surface area contributed by atoms with Crippen molar-refractivity contribution in [1.29, 1.82) is 0 Å². The van der Waals surface area contributed by atoms with E-state index in [0.717, 1.165) is 12.8 Å². The molecule has 0 aliphatic carbocycles. The molecule has 0 amide bonds. The summed E-state index contributed by atoms with van der Waals surface area (Å²) in [6.07, 6.45) is 3.86. The van der Waals surface area contributed by atoms with Crippen LogP contribution in [0.4, 0.5) is 0 Å². The second-order valence-corrected chi connectivity index (χ2v) is 4.27. The van der Waals surface area contributed by atoms with Crippen LogP contribution in [-0.4, -0.2) is 0 Å². The Kier molecular flexibility index (Phi) is 7.23. The average Bonchev–Trinajstić information content (AvgIpc) is 2.15. The van der Waals surface area contributed by atoms with Gasteiger partial charge in [0.25, 0.3) is 0 Å². The third-order valence-corrected chi connectivity index (χ3v) is 2.70. The summed E-state index contributed by atoms with van der Waals surface area (Å²) in [6.45, 7) is 3.68. The van der Waals surface area contributed by atoms with Gasteiger partial charge in [0, 0.05) is 9.61 Å². The summed E-state index contributed by atoms with van der Waals surface area (Å²) in [5.41, 5.74) is 7.19. The zero-order valence-electron chi connectivity index (χ0n) is 7.95. The fourth-order valence-corrected chi connectivity index (χ4v) is 1.53. The van der Waals surface area contributed by atoms with E-state index in [1.807, 2.05) is 6.08 Å². The second kappa shape index (κ2) is 7.26. The van der Waals surface area contributed by atoms with Gasteiger partial charge >= 0.3 is 0 Å². The van der Waals surface area contributed by atoms with Crippen LogP contribution < -0.4 is 5.73 Å². The molecule has 3 heteroatoms. The molecule has 0 saturated carbocycles. The average molecular weight is 324 g/mol. The van der Waals surface area contributed by atoms with E-state index in [0.29, 0.717) is 0 Å². The first-order valence-corrected chi connectivity index (χ1v) is 5.44. The lowest BCUT2D eigenvalue weighted by Crippen LogP contribution is -2.09. The van der Waals surface area contributed by atoms with Gasteiger partial charge in [0.15, 0.2) is 0 Å². The Morgan fingerprint density at radius 2 is 1.93 bits per heavy atom. The minimum Gasteiger partial charge on any atom is -0.324 e. The maximum absolute atomic E-state index is 5.98. The highest BCUT2D eigenvalue weighted by Crippen LogP contribution is 2.17. The Labute approximate surface area is 105 Å². The fraction of sp³-hybridized carbons (Fsp3) is 0.273. The number of hydrogen-bond donors (Lipinski definition) is 1. The molecule has 0 aliphatic rings. The highest BCUT2D eigenvalue weighted by Gasteiger charge is 2.03. The molecule has 0 unspecified atom stereocenters. The van der Waals surface area contributed by atoms with Gasteiger partial charge in [0.1, 0.15) is 0 Å². The van der Waals surface area contributed by atoms with E-state index in [1.165, 1.54) is 9.13 Å². The zero-order valence-corrected chi connectivity index (χ0v) is 10.9. The minimum atomic E-state index is 0. The molecule has 1 aromatic carbocycles. The Bertz CT molecular complexity index is 271. The van der Waals surface area contributed by atoms with Gasteiger partial charge in [0.05, 0.1) is 0 Å². The van der Waals surface area contributed by atoms with Crippen LogP contribution in [0.5, 0.6) is 0 Å². The van der Waals surface area contributed by atoms with Crippen molar-refractivity contribution < 1.29 is 0 Å². The van der Waals surface area contributed by atoms with Crippen molar-refractivity contribution in [2.24, 2.45) is 5.73 Å². The molecule has 1 atom stereocenters. The number of rotatable bonds is 4. The van der Waals surface area contributed by atoms with Crippen molar-refractivity contribution in [2.75, 3.05) is 0 Å². The van der Waals surface area contributed by atoms with Gasteiger partial charge in [-0.2, -0.15) is 0 Å². The molecule has 14 heavy (non-hydrogen) atoms. The summed E-state index contributed by atoms with van der Waals surface area (Å²) in [5.74, 6) is 0. The molecule has 0 radical (unpaired) electrons. The third kappa shape index (κ3) is 4.44. The Hall–Kier alpha value is -0.0600. The van der Waals surface area contributed by atoms with E-state index in [9.17, 15) is 0 Å². The molecule has 0 aromatic heterocycles. The van der Waals surface area contributed by atoms with Gasteiger partial charge in [0.2, 0.25) is 0 Å². The number of nitrogens with two attached hydrogens (primary N) is 1. The monoisotopic (exact) mass is 323 g/mol. The number of hydrogen-bond acceptors (Lipinski definition) is 1. The molecular weight excluding hydrogens is 308 g/mol. The molecule has 0 spiro atoms. The number of halogens is 2. The molecular formula is C11H15ClIN. The van der Waals surface area contributed by atoms with E-state index >= 15 is 0 Å². The van der Waals surface area contributed by atoms with Crippen LogP contribution in [0.3, 0.4) is 0 Å². The lowest BCUT2D eigenvalue weighted by Gasteiger charge is -2.10. The first-order valence-electron chi connectivity index (χ1n) is 4.36. The van der Waals surface area contributed by atoms with Gasteiger partial charge in [-0.1, -0.05) is 18.2 Å². The van der Waals surface area contributed by atoms with Crippen molar-refractivity contribution in [1.82, 2.24) is 0 Å². The quantitative estimate of drug-likeness (QED) is 0.664. The van der Waals surface area contributed by atoms with Crippen LogP contribution in [0.1, 0.15) is 24.4 Å². The molecule has 1 rings (SSSR count). The second-order valence-electron chi connectivity index (χ2n) is 3.02. The summed E-state index contributed by atoms with van der Waals surface area (Å²) in [7, 11) is 0. The fourth-order valence-electron chi connectivity index (χ4n) is 1.17. The van der Waals surface area contributed by atoms with Gasteiger partial charge in [-0.3, -0.25) is 0 Å². The van der Waals surface area contributed by atoms with Crippen LogP contribution >= 0.6 is 35.0 Å². The highest BCUT2D eigenvalue weighted by molar-refractivity contribution is 14.1. The summed E-state index contributed by atoms with van der Waals surface area (Å²) < 4.78 is 1.25. The summed E-state index contributed by atoms with van der Waals surface area (Å²) in [6, 6.07) is 8.51. The molecule has 78 valence electrons. The SMILES string of the molecule is C=CCC[C@H](N)c1ccc(I)cc1.Cl. The van der Waals surface area contributed by atoms with E-state index in [1.54, 1.807) is 0 Å². The Balaban J connectivity index is 0.00000169. The smallest absolute Gasteiger partial charge is 0.0297 e. The molecule has 2 N–H and O–H groups in total. The van der Waals surface area contributed by atoms with E-state index in [4.69, 9.17) is 5.73 Å². The first kappa shape index (κ1) is 13.9. The van der Waals surface area contributed by atoms with Gasteiger partial charge in [-0.15, -0.1) is 19.0 Å². The molecule has 0 fully saturated rings. The third-order valence-electron chi connectivity index (χ3n) is 1.98. The predicted octanol–water partition coefficient (Wildman–Crippen LogP) is 3.68. The van der Waals surface area contributed by atoms with Crippen LogP contribution in [-0.2, 0) is 0 Å². The maximum Gasteiger partial charge on any atom is 0.0297 e. The molecule has 1 aromatic rings.